The van der Waals surface area contributed by atoms with Crippen molar-refractivity contribution in [2.75, 3.05) is 7.11 Å². The van der Waals surface area contributed by atoms with E-state index in [0.29, 0.717) is 0 Å². The van der Waals surface area contributed by atoms with E-state index in [1.807, 2.05) is 0 Å². The third-order valence-corrected chi connectivity index (χ3v) is 6.84. The Balaban J connectivity index is 1.76. The van der Waals surface area contributed by atoms with Crippen molar-refractivity contribution in [3.05, 3.63) is 64.2 Å². The van der Waals surface area contributed by atoms with Crippen molar-refractivity contribution in [1.82, 2.24) is 0 Å². The first-order chi connectivity index (χ1) is 14.6. The van der Waals surface area contributed by atoms with Gasteiger partial charge in [0.2, 0.25) is 5.60 Å². The lowest BCUT2D eigenvalue weighted by Gasteiger charge is -2.49. The Kier molecular flexibility index (Phi) is 4.02. The Morgan fingerprint density at radius 1 is 1.10 bits per heavy atom. The van der Waals surface area contributed by atoms with Gasteiger partial charge in [-0.25, -0.2) is 9.59 Å². The Labute approximate surface area is 175 Å². The molecule has 3 fully saturated rings. The van der Waals surface area contributed by atoms with E-state index in [1.54, 1.807) is 18.2 Å². The molecule has 9 heteroatoms. The van der Waals surface area contributed by atoms with Crippen molar-refractivity contribution in [3.63, 3.8) is 0 Å². The number of carbonyl (C=O) groups is 2. The average molecular weight is 428 g/mol. The zero-order valence-electron chi connectivity index (χ0n) is 16.5. The number of Topliss-reactive ketones (excluding diaryl/α,β-unsaturated/α-hetero) is 1. The van der Waals surface area contributed by atoms with Gasteiger partial charge in [0.1, 0.15) is 23.2 Å². The van der Waals surface area contributed by atoms with Crippen molar-refractivity contribution in [3.8, 4) is 5.75 Å². The molecule has 0 amide bonds. The number of hydrogen-bond acceptors (Lipinski definition) is 9. The van der Waals surface area contributed by atoms with E-state index in [9.17, 15) is 29.7 Å². The van der Waals surface area contributed by atoms with Gasteiger partial charge in [0.25, 0.3) is 0 Å². The molecule has 1 saturated heterocycles. The Bertz CT molecular complexity index is 1140. The first-order valence-corrected chi connectivity index (χ1v) is 9.81. The molecule has 2 aliphatic carbocycles. The molecule has 3 unspecified atom stereocenters. The molecule has 9 nitrogen and oxygen atoms in total. The van der Waals surface area contributed by atoms with Crippen LogP contribution in [0, 0.1) is 5.92 Å². The normalized spacial score (nSPS) is 38.1. The highest BCUT2D eigenvalue weighted by atomic mass is 16.6. The molecule has 0 radical (unpaired) electrons. The first kappa shape index (κ1) is 19.9. The summed E-state index contributed by atoms with van der Waals surface area (Å²) in [5, 5.41) is 35.1. The second-order valence-corrected chi connectivity index (χ2v) is 8.43. The third-order valence-electron chi connectivity index (χ3n) is 6.84. The van der Waals surface area contributed by atoms with Crippen LogP contribution in [-0.4, -0.2) is 57.1 Å². The van der Waals surface area contributed by atoms with Gasteiger partial charge < -0.3 is 29.2 Å². The van der Waals surface area contributed by atoms with Crippen molar-refractivity contribution >= 4 is 11.8 Å². The van der Waals surface area contributed by atoms with Crippen LogP contribution in [0.15, 0.2) is 51.7 Å². The maximum atomic E-state index is 13.5. The topological polar surface area (TPSA) is 144 Å². The van der Waals surface area contributed by atoms with Gasteiger partial charge in [-0.1, -0.05) is 30.3 Å². The summed E-state index contributed by atoms with van der Waals surface area (Å²) in [5.41, 5.74) is -7.84. The standard InChI is InChI=1S/C22H20O9/c1-29-12-7-14(31-15(23)8-12)17-20(26)9-13-10-21(17,27)22(28,19(25)30-13)18(20)16(24)11-5-3-2-4-6-11/h2-8,13,17-18,26-28H,9-10H2,1H3/t13?,17?,18-,20?,21+,22+/m0/s1. The summed E-state index contributed by atoms with van der Waals surface area (Å²) < 4.78 is 15.6. The van der Waals surface area contributed by atoms with Crippen LogP contribution in [0.5, 0.6) is 5.75 Å². The zero-order valence-corrected chi connectivity index (χ0v) is 16.5. The molecule has 3 bridgehead atoms. The van der Waals surface area contributed by atoms with Crippen molar-refractivity contribution in [2.45, 2.75) is 41.7 Å². The van der Waals surface area contributed by atoms with Gasteiger partial charge in [-0.2, -0.15) is 0 Å². The lowest BCUT2D eigenvalue weighted by atomic mass is 9.67. The molecule has 162 valence electrons. The van der Waals surface area contributed by atoms with Crippen LogP contribution < -0.4 is 10.4 Å². The number of hydrogen-bond donors (Lipinski definition) is 3. The summed E-state index contributed by atoms with van der Waals surface area (Å²) in [4.78, 5) is 38.4. The van der Waals surface area contributed by atoms with Gasteiger partial charge in [0.15, 0.2) is 5.78 Å². The Hall–Kier alpha value is -3.01. The van der Waals surface area contributed by atoms with Gasteiger partial charge in [-0.3, -0.25) is 4.79 Å². The van der Waals surface area contributed by atoms with Crippen molar-refractivity contribution in [1.29, 1.82) is 0 Å². The van der Waals surface area contributed by atoms with Crippen LogP contribution in [0.3, 0.4) is 0 Å². The summed E-state index contributed by atoms with van der Waals surface area (Å²) in [6.45, 7) is 0. The number of ketones is 1. The lowest BCUT2D eigenvalue weighted by Crippen LogP contribution is -2.67. The van der Waals surface area contributed by atoms with Crippen LogP contribution in [-0.2, 0) is 9.53 Å². The predicted molar refractivity (Wildman–Crippen MR) is 102 cm³/mol. The molecule has 3 N–H and O–H groups in total. The SMILES string of the molecule is COc1cc(C2C3(O)CC4C[C@]2(O)[C@](O)(C(=O)O4)[C@H]3C(=O)c2ccccc2)oc(=O)c1. The lowest BCUT2D eigenvalue weighted by molar-refractivity contribution is -0.234. The highest BCUT2D eigenvalue weighted by Crippen LogP contribution is 2.67. The fourth-order valence-electron chi connectivity index (χ4n) is 5.72. The Morgan fingerprint density at radius 2 is 1.81 bits per heavy atom. The van der Waals surface area contributed by atoms with Crippen LogP contribution in [0.1, 0.15) is 34.9 Å². The highest BCUT2D eigenvalue weighted by Gasteiger charge is 2.85. The van der Waals surface area contributed by atoms with Gasteiger partial charge in [0.05, 0.1) is 30.6 Å². The molecule has 2 saturated carbocycles. The molecule has 0 spiro atoms. The van der Waals surface area contributed by atoms with Crippen molar-refractivity contribution < 1.29 is 38.8 Å². The van der Waals surface area contributed by atoms with Gasteiger partial charge >= 0.3 is 11.6 Å². The van der Waals surface area contributed by atoms with Crippen LogP contribution in [0.25, 0.3) is 0 Å². The first-order valence-electron chi connectivity index (χ1n) is 9.81. The molecule has 1 aliphatic heterocycles. The predicted octanol–water partition coefficient (Wildman–Crippen LogP) is 0.157. The minimum Gasteiger partial charge on any atom is -0.496 e. The minimum absolute atomic E-state index is 0.106. The average Bonchev–Trinajstić information content (AvgIpc) is 2.76. The maximum Gasteiger partial charge on any atom is 0.342 e. The fourth-order valence-corrected chi connectivity index (χ4v) is 5.72. The van der Waals surface area contributed by atoms with Gasteiger partial charge in [-0.15, -0.1) is 0 Å². The molecule has 2 aromatic rings. The van der Waals surface area contributed by atoms with Crippen molar-refractivity contribution in [2.24, 2.45) is 5.92 Å². The molecular weight excluding hydrogens is 408 g/mol. The Morgan fingerprint density at radius 3 is 2.48 bits per heavy atom. The molecule has 3 aliphatic rings. The smallest absolute Gasteiger partial charge is 0.342 e. The molecular formula is C22H20O9. The summed E-state index contributed by atoms with van der Waals surface area (Å²) >= 11 is 0. The van der Waals surface area contributed by atoms with Crippen LogP contribution >= 0.6 is 0 Å². The largest absolute Gasteiger partial charge is 0.496 e. The number of benzene rings is 1. The van der Waals surface area contributed by atoms with E-state index in [4.69, 9.17) is 13.9 Å². The van der Waals surface area contributed by atoms with Crippen LogP contribution in [0.4, 0.5) is 0 Å². The van der Waals surface area contributed by atoms with E-state index in [2.05, 4.69) is 0 Å². The molecule has 6 atom stereocenters. The van der Waals surface area contributed by atoms with E-state index >= 15 is 0 Å². The molecule has 5 rings (SSSR count). The number of carbonyl (C=O) groups excluding carboxylic acids is 2. The maximum absolute atomic E-state index is 13.5. The van der Waals surface area contributed by atoms with Crippen LogP contribution in [0.2, 0.25) is 0 Å². The van der Waals surface area contributed by atoms with E-state index < -0.39 is 52.1 Å². The quantitative estimate of drug-likeness (QED) is 0.458. The number of methoxy groups -OCH3 is 1. The van der Waals surface area contributed by atoms with E-state index in [1.165, 1.54) is 25.3 Å². The summed E-state index contributed by atoms with van der Waals surface area (Å²) in [6, 6.07) is 10.2. The summed E-state index contributed by atoms with van der Waals surface area (Å²) in [5.74, 6) is -5.19. The molecule has 1 aromatic heterocycles. The number of rotatable bonds is 4. The molecule has 2 heterocycles. The van der Waals surface area contributed by atoms with Gasteiger partial charge in [-0.05, 0) is 0 Å². The summed E-state index contributed by atoms with van der Waals surface area (Å²) in [7, 11) is 1.33. The number of ether oxygens (including phenoxy) is 2. The molecule has 1 aromatic carbocycles. The van der Waals surface area contributed by atoms with E-state index in [0.717, 1.165) is 6.07 Å². The zero-order chi connectivity index (χ0) is 22.2. The van der Waals surface area contributed by atoms with E-state index in [-0.39, 0.29) is 29.9 Å². The monoisotopic (exact) mass is 428 g/mol. The summed E-state index contributed by atoms with van der Waals surface area (Å²) in [6.07, 6.45) is -1.37. The van der Waals surface area contributed by atoms with Gasteiger partial charge in [0, 0.05) is 24.5 Å². The number of aliphatic hydroxyl groups is 3. The highest BCUT2D eigenvalue weighted by molar-refractivity contribution is 6.04. The number of fused-ring (bicyclic) bond motifs is 2. The second-order valence-electron chi connectivity index (χ2n) is 8.43. The second kappa shape index (κ2) is 6.25. The molecule has 31 heavy (non-hydrogen) atoms. The minimum atomic E-state index is -2.74. The third kappa shape index (κ3) is 2.39. The fraction of sp³-hybridized carbons (Fsp3) is 0.409. The number of esters is 1.